The molecule has 0 fully saturated rings. The minimum absolute atomic E-state index is 0.215. The van der Waals surface area contributed by atoms with E-state index in [2.05, 4.69) is 10.6 Å². The summed E-state index contributed by atoms with van der Waals surface area (Å²) in [6, 6.07) is 13.8. The third-order valence-corrected chi connectivity index (χ3v) is 4.73. The van der Waals surface area contributed by atoms with Crippen molar-refractivity contribution < 1.29 is 18.7 Å². The number of amides is 2. The van der Waals surface area contributed by atoms with Gasteiger partial charge in [-0.1, -0.05) is 0 Å². The first kappa shape index (κ1) is 19.7. The molecule has 3 rings (SSSR count). The van der Waals surface area contributed by atoms with Crippen LogP contribution in [0.5, 0.6) is 5.75 Å². The van der Waals surface area contributed by atoms with Crippen LogP contribution in [-0.4, -0.2) is 44.0 Å². The Morgan fingerprint density at radius 3 is 2.50 bits per heavy atom. The van der Waals surface area contributed by atoms with Gasteiger partial charge >= 0.3 is 0 Å². The molecule has 8 heteroatoms. The topological polar surface area (TPSA) is 83.8 Å². The van der Waals surface area contributed by atoms with Crippen molar-refractivity contribution in [2.24, 2.45) is 0 Å². The van der Waals surface area contributed by atoms with Crippen molar-refractivity contribution >= 4 is 33.8 Å². The summed E-state index contributed by atoms with van der Waals surface area (Å²) >= 11 is 1.19. The van der Waals surface area contributed by atoms with E-state index in [-0.39, 0.29) is 17.6 Å². The highest BCUT2D eigenvalue weighted by Crippen LogP contribution is 2.24. The molecule has 0 aliphatic rings. The molecule has 2 N–H and O–H groups in total. The lowest BCUT2D eigenvalue weighted by Crippen LogP contribution is -2.19. The molecule has 0 saturated heterocycles. The van der Waals surface area contributed by atoms with Gasteiger partial charge in [-0.15, -0.1) is 11.3 Å². The van der Waals surface area contributed by atoms with Gasteiger partial charge in [-0.3, -0.25) is 9.59 Å². The van der Waals surface area contributed by atoms with Crippen molar-refractivity contribution in [3.63, 3.8) is 0 Å². The van der Waals surface area contributed by atoms with E-state index in [0.717, 1.165) is 12.3 Å². The van der Waals surface area contributed by atoms with Crippen molar-refractivity contribution in [3.8, 4) is 5.75 Å². The van der Waals surface area contributed by atoms with Crippen LogP contribution in [0, 0.1) is 0 Å². The summed E-state index contributed by atoms with van der Waals surface area (Å²) in [4.78, 5) is 26.9. The van der Waals surface area contributed by atoms with Gasteiger partial charge in [-0.25, -0.2) is 0 Å². The molecule has 0 aliphatic heterocycles. The Labute approximate surface area is 166 Å². The molecule has 0 bridgehead atoms. The van der Waals surface area contributed by atoms with E-state index in [1.807, 2.05) is 31.1 Å². The van der Waals surface area contributed by atoms with Crippen molar-refractivity contribution in [2.45, 2.75) is 0 Å². The van der Waals surface area contributed by atoms with Crippen LogP contribution in [0.3, 0.4) is 0 Å². The third-order valence-electron chi connectivity index (χ3n) is 3.73. The van der Waals surface area contributed by atoms with Crippen LogP contribution in [0.2, 0.25) is 0 Å². The molecule has 0 radical (unpaired) electrons. The number of nitrogens with one attached hydrogen (secondary N) is 2. The second-order valence-electron chi connectivity index (χ2n) is 6.23. The molecule has 146 valence electrons. The number of furan rings is 1. The number of hydrogen-bond donors (Lipinski definition) is 2. The van der Waals surface area contributed by atoms with E-state index in [1.54, 1.807) is 36.4 Å². The summed E-state index contributed by atoms with van der Waals surface area (Å²) in [7, 11) is 3.97. The fourth-order valence-electron chi connectivity index (χ4n) is 2.28. The second kappa shape index (κ2) is 9.20. The summed E-state index contributed by atoms with van der Waals surface area (Å²) in [5, 5.41) is 6.10. The van der Waals surface area contributed by atoms with Crippen LogP contribution in [0.15, 0.2) is 59.2 Å². The molecule has 2 amide bonds. The molecule has 0 aliphatic carbocycles. The van der Waals surface area contributed by atoms with Crippen LogP contribution in [0.4, 0.5) is 10.7 Å². The third kappa shape index (κ3) is 5.45. The van der Waals surface area contributed by atoms with Crippen molar-refractivity contribution in [1.29, 1.82) is 0 Å². The largest absolute Gasteiger partial charge is 0.492 e. The maximum atomic E-state index is 12.4. The zero-order valence-corrected chi connectivity index (χ0v) is 16.4. The van der Waals surface area contributed by atoms with Gasteiger partial charge < -0.3 is 24.7 Å². The number of benzene rings is 1. The van der Waals surface area contributed by atoms with Crippen LogP contribution < -0.4 is 15.4 Å². The Morgan fingerprint density at radius 2 is 1.82 bits per heavy atom. The van der Waals surface area contributed by atoms with E-state index >= 15 is 0 Å². The SMILES string of the molecule is CN(C)CCOc1ccc(NC(=O)c2ccc(NC(=O)c3ccco3)s2)cc1. The second-order valence-corrected chi connectivity index (χ2v) is 7.31. The number of anilines is 2. The molecule has 7 nitrogen and oxygen atoms in total. The molecular weight excluding hydrogens is 378 g/mol. The van der Waals surface area contributed by atoms with Gasteiger partial charge in [0.15, 0.2) is 5.76 Å². The highest BCUT2D eigenvalue weighted by Gasteiger charge is 2.13. The van der Waals surface area contributed by atoms with Gasteiger partial charge in [0.2, 0.25) is 0 Å². The number of hydrogen-bond acceptors (Lipinski definition) is 6. The Balaban J connectivity index is 1.53. The number of rotatable bonds is 8. The highest BCUT2D eigenvalue weighted by molar-refractivity contribution is 7.18. The first-order valence-corrected chi connectivity index (χ1v) is 9.46. The maximum Gasteiger partial charge on any atom is 0.291 e. The first-order chi connectivity index (χ1) is 13.5. The standard InChI is InChI=1S/C20H21N3O4S/c1-23(2)11-13-26-15-7-5-14(6-8-15)21-20(25)17-9-10-18(28-17)22-19(24)16-4-3-12-27-16/h3-10,12H,11,13H2,1-2H3,(H,21,25)(H,22,24). The molecule has 1 aromatic carbocycles. The molecule has 2 aromatic heterocycles. The summed E-state index contributed by atoms with van der Waals surface area (Å²) in [6.45, 7) is 1.43. The number of likely N-dealkylation sites (N-methyl/N-ethyl adjacent to an activating group) is 1. The molecule has 0 unspecified atom stereocenters. The molecular formula is C20H21N3O4S. The van der Waals surface area contributed by atoms with Gasteiger partial charge in [0, 0.05) is 12.2 Å². The number of ether oxygens (including phenoxy) is 1. The molecule has 0 spiro atoms. The Morgan fingerprint density at radius 1 is 1.04 bits per heavy atom. The van der Waals surface area contributed by atoms with Crippen molar-refractivity contribution in [3.05, 3.63) is 65.4 Å². The lowest BCUT2D eigenvalue weighted by atomic mass is 10.3. The minimum Gasteiger partial charge on any atom is -0.492 e. The molecule has 3 aromatic rings. The normalized spacial score (nSPS) is 10.7. The quantitative estimate of drug-likeness (QED) is 0.602. The summed E-state index contributed by atoms with van der Waals surface area (Å²) in [5.41, 5.74) is 0.666. The van der Waals surface area contributed by atoms with E-state index < -0.39 is 0 Å². The van der Waals surface area contributed by atoms with E-state index in [4.69, 9.17) is 9.15 Å². The van der Waals surface area contributed by atoms with Gasteiger partial charge in [0.25, 0.3) is 11.8 Å². The van der Waals surface area contributed by atoms with Crippen LogP contribution in [-0.2, 0) is 0 Å². The number of nitrogens with zero attached hydrogens (tertiary/aromatic N) is 1. The van der Waals surface area contributed by atoms with Gasteiger partial charge in [-0.05, 0) is 62.6 Å². The predicted octanol–water partition coefficient (Wildman–Crippen LogP) is 3.79. The highest BCUT2D eigenvalue weighted by atomic mass is 32.1. The first-order valence-electron chi connectivity index (χ1n) is 8.65. The average Bonchev–Trinajstić information content (AvgIpc) is 3.35. The summed E-state index contributed by atoms with van der Waals surface area (Å²) in [6.07, 6.45) is 1.43. The van der Waals surface area contributed by atoms with Gasteiger partial charge in [0.05, 0.1) is 16.1 Å². The average molecular weight is 399 g/mol. The van der Waals surface area contributed by atoms with Crippen molar-refractivity contribution in [1.82, 2.24) is 4.90 Å². The van der Waals surface area contributed by atoms with Crippen LogP contribution in [0.1, 0.15) is 20.2 Å². The fraction of sp³-hybridized carbons (Fsp3) is 0.200. The lowest BCUT2D eigenvalue weighted by Gasteiger charge is -2.11. The molecule has 0 atom stereocenters. The molecule has 28 heavy (non-hydrogen) atoms. The van der Waals surface area contributed by atoms with E-state index in [1.165, 1.54) is 17.6 Å². The smallest absolute Gasteiger partial charge is 0.291 e. The molecule has 0 saturated carbocycles. The Kier molecular flexibility index (Phi) is 6.46. The number of carbonyl (C=O) groups is 2. The van der Waals surface area contributed by atoms with Crippen LogP contribution in [0.25, 0.3) is 0 Å². The monoisotopic (exact) mass is 399 g/mol. The Bertz CT molecular complexity index is 917. The summed E-state index contributed by atoms with van der Waals surface area (Å²) in [5.74, 6) is 0.361. The van der Waals surface area contributed by atoms with E-state index in [9.17, 15) is 9.59 Å². The Hall–Kier alpha value is -3.10. The van der Waals surface area contributed by atoms with Crippen LogP contribution >= 0.6 is 11.3 Å². The van der Waals surface area contributed by atoms with Gasteiger partial charge in [-0.2, -0.15) is 0 Å². The fourth-order valence-corrected chi connectivity index (χ4v) is 3.08. The predicted molar refractivity (Wildman–Crippen MR) is 109 cm³/mol. The lowest BCUT2D eigenvalue weighted by molar-refractivity contribution is 0.0995. The van der Waals surface area contributed by atoms with Gasteiger partial charge in [0.1, 0.15) is 12.4 Å². The number of carbonyl (C=O) groups excluding carboxylic acids is 2. The zero-order valence-electron chi connectivity index (χ0n) is 15.6. The minimum atomic E-state index is -0.358. The maximum absolute atomic E-state index is 12.4. The van der Waals surface area contributed by atoms with E-state index in [0.29, 0.717) is 22.2 Å². The zero-order chi connectivity index (χ0) is 19.9. The molecule has 2 heterocycles. The van der Waals surface area contributed by atoms with Crippen molar-refractivity contribution in [2.75, 3.05) is 37.9 Å². The summed E-state index contributed by atoms with van der Waals surface area (Å²) < 4.78 is 10.7. The number of thiophene rings is 1.